The first-order valence-corrected chi connectivity index (χ1v) is 13.1. The maximum absolute atomic E-state index is 13.9. The summed E-state index contributed by atoms with van der Waals surface area (Å²) >= 11 is 0. The number of aryl methyl sites for hydroxylation is 3. The summed E-state index contributed by atoms with van der Waals surface area (Å²) in [6.07, 6.45) is 4.60. The Balaban J connectivity index is 1.89. The first-order valence-electron chi connectivity index (χ1n) is 11.7. The van der Waals surface area contributed by atoms with Crippen LogP contribution in [-0.4, -0.2) is 38.3 Å². The van der Waals surface area contributed by atoms with E-state index < -0.39 is 10.0 Å². The van der Waals surface area contributed by atoms with Crippen molar-refractivity contribution < 1.29 is 17.9 Å². The quantitative estimate of drug-likeness (QED) is 0.598. The number of ether oxygens (including phenoxy) is 1. The van der Waals surface area contributed by atoms with Crippen LogP contribution in [-0.2, 0) is 14.8 Å². The molecule has 180 valence electrons. The minimum atomic E-state index is -3.84. The van der Waals surface area contributed by atoms with Crippen molar-refractivity contribution >= 4 is 15.9 Å². The fourth-order valence-electron chi connectivity index (χ4n) is 5.00. The van der Waals surface area contributed by atoms with E-state index in [4.69, 9.17) is 4.74 Å². The molecule has 3 rings (SSSR count). The fourth-order valence-corrected chi connectivity index (χ4v) is 7.06. The average molecular weight is 473 g/mol. The van der Waals surface area contributed by atoms with Crippen molar-refractivity contribution in [3.05, 3.63) is 58.7 Å². The minimum absolute atomic E-state index is 0.170. The van der Waals surface area contributed by atoms with Gasteiger partial charge in [0.25, 0.3) is 0 Å². The Bertz CT molecular complexity index is 1070. The second-order valence-corrected chi connectivity index (χ2v) is 10.9. The van der Waals surface area contributed by atoms with Gasteiger partial charge in [-0.15, -0.1) is 0 Å². The zero-order valence-corrected chi connectivity index (χ0v) is 21.2. The maximum Gasteiger partial charge on any atom is 0.244 e. The van der Waals surface area contributed by atoms with E-state index in [-0.39, 0.29) is 24.5 Å². The van der Waals surface area contributed by atoms with Crippen LogP contribution in [0.5, 0.6) is 5.75 Å². The molecule has 0 saturated heterocycles. The van der Waals surface area contributed by atoms with E-state index in [0.717, 1.165) is 54.4 Å². The second-order valence-electron chi connectivity index (χ2n) is 9.10. The van der Waals surface area contributed by atoms with E-state index in [1.54, 1.807) is 7.11 Å². The Morgan fingerprint density at radius 1 is 1.09 bits per heavy atom. The number of sulfonamides is 1. The smallest absolute Gasteiger partial charge is 0.244 e. The molecule has 1 N–H and O–H groups in total. The predicted octanol–water partition coefficient (Wildman–Crippen LogP) is 4.82. The monoisotopic (exact) mass is 472 g/mol. The molecule has 2 aromatic carbocycles. The summed E-state index contributed by atoms with van der Waals surface area (Å²) in [5.74, 6) is 0.373. The van der Waals surface area contributed by atoms with Crippen molar-refractivity contribution in [1.29, 1.82) is 0 Å². The summed E-state index contributed by atoms with van der Waals surface area (Å²) in [6, 6.07) is 10.8. The molecule has 33 heavy (non-hydrogen) atoms. The number of nitrogens with one attached hydrogen (secondary N) is 1. The number of nitrogens with zero attached hydrogens (tertiary/aromatic N) is 1. The van der Waals surface area contributed by atoms with Crippen molar-refractivity contribution in [3.8, 4) is 5.75 Å². The third-order valence-electron chi connectivity index (χ3n) is 6.44. The summed E-state index contributed by atoms with van der Waals surface area (Å²) in [5.41, 5.74) is 3.31. The van der Waals surface area contributed by atoms with Crippen LogP contribution in [0, 0.1) is 20.8 Å². The van der Waals surface area contributed by atoms with Crippen molar-refractivity contribution in [3.63, 3.8) is 0 Å². The van der Waals surface area contributed by atoms with Gasteiger partial charge in [0.1, 0.15) is 5.75 Å². The van der Waals surface area contributed by atoms with Gasteiger partial charge in [0.2, 0.25) is 15.9 Å². The zero-order valence-electron chi connectivity index (χ0n) is 20.3. The highest BCUT2D eigenvalue weighted by atomic mass is 32.2. The van der Waals surface area contributed by atoms with Crippen LogP contribution in [0.1, 0.15) is 67.3 Å². The summed E-state index contributed by atoms with van der Waals surface area (Å²) in [5, 5.41) is 2.98. The first kappa shape index (κ1) is 25.2. The molecule has 6 nitrogen and oxygen atoms in total. The molecule has 1 fully saturated rings. The third kappa shape index (κ3) is 5.76. The van der Waals surface area contributed by atoms with Gasteiger partial charge in [-0.3, -0.25) is 4.79 Å². The number of rotatable bonds is 8. The molecule has 0 aliphatic heterocycles. The molecular formula is C26H36N2O4S. The topological polar surface area (TPSA) is 75.7 Å². The second kappa shape index (κ2) is 10.7. The van der Waals surface area contributed by atoms with Gasteiger partial charge >= 0.3 is 0 Å². The molecule has 1 aliphatic rings. The first-order chi connectivity index (χ1) is 15.6. The lowest BCUT2D eigenvalue weighted by molar-refractivity contribution is -0.122. The Kier molecular flexibility index (Phi) is 8.19. The molecule has 0 unspecified atom stereocenters. The lowest BCUT2D eigenvalue weighted by Crippen LogP contribution is -2.47. The summed E-state index contributed by atoms with van der Waals surface area (Å²) in [4.78, 5) is 13.4. The number of hydrogen-bond acceptors (Lipinski definition) is 4. The normalized spacial score (nSPS) is 15.9. The van der Waals surface area contributed by atoms with Crippen LogP contribution in [0.4, 0.5) is 0 Å². The van der Waals surface area contributed by atoms with Crippen LogP contribution >= 0.6 is 0 Å². The van der Waals surface area contributed by atoms with Gasteiger partial charge < -0.3 is 10.1 Å². The Morgan fingerprint density at radius 2 is 1.70 bits per heavy atom. The Morgan fingerprint density at radius 3 is 2.30 bits per heavy atom. The molecule has 0 radical (unpaired) electrons. The minimum Gasteiger partial charge on any atom is -0.496 e. The molecule has 0 heterocycles. The van der Waals surface area contributed by atoms with Crippen LogP contribution in [0.25, 0.3) is 0 Å². The van der Waals surface area contributed by atoms with Crippen LogP contribution in [0.3, 0.4) is 0 Å². The largest absolute Gasteiger partial charge is 0.496 e. The number of amides is 1. The average Bonchev–Trinajstić information content (AvgIpc) is 2.77. The molecular weight excluding hydrogens is 436 g/mol. The van der Waals surface area contributed by atoms with Gasteiger partial charge in [-0.1, -0.05) is 55.2 Å². The number of benzene rings is 2. The van der Waals surface area contributed by atoms with Crippen molar-refractivity contribution in [2.75, 3.05) is 13.7 Å². The van der Waals surface area contributed by atoms with Gasteiger partial charge in [-0.2, -0.15) is 4.31 Å². The summed E-state index contributed by atoms with van der Waals surface area (Å²) < 4.78 is 34.7. The van der Waals surface area contributed by atoms with E-state index in [0.29, 0.717) is 10.6 Å². The highest BCUT2D eigenvalue weighted by Crippen LogP contribution is 2.31. The zero-order chi connectivity index (χ0) is 24.2. The Hall–Kier alpha value is -2.38. The van der Waals surface area contributed by atoms with Gasteiger partial charge in [0, 0.05) is 11.6 Å². The van der Waals surface area contributed by atoms with Gasteiger partial charge in [0.15, 0.2) is 0 Å². The van der Waals surface area contributed by atoms with E-state index >= 15 is 0 Å². The fraction of sp³-hybridized carbons (Fsp3) is 0.500. The third-order valence-corrected chi connectivity index (χ3v) is 8.64. The number of methoxy groups -OCH3 is 1. The Labute approximate surface area is 198 Å². The van der Waals surface area contributed by atoms with Gasteiger partial charge in [0.05, 0.1) is 24.6 Å². The molecule has 2 aromatic rings. The van der Waals surface area contributed by atoms with E-state index in [1.807, 2.05) is 64.1 Å². The van der Waals surface area contributed by atoms with Crippen molar-refractivity contribution in [1.82, 2.24) is 9.62 Å². The van der Waals surface area contributed by atoms with Crippen molar-refractivity contribution in [2.24, 2.45) is 0 Å². The molecule has 0 bridgehead atoms. The molecule has 1 aliphatic carbocycles. The molecule has 0 spiro atoms. The molecule has 1 saturated carbocycles. The van der Waals surface area contributed by atoms with Crippen LogP contribution < -0.4 is 10.1 Å². The maximum atomic E-state index is 13.9. The van der Waals surface area contributed by atoms with E-state index in [2.05, 4.69) is 5.32 Å². The lowest BCUT2D eigenvalue weighted by atomic mass is 9.95. The van der Waals surface area contributed by atoms with Crippen LogP contribution in [0.2, 0.25) is 0 Å². The highest BCUT2D eigenvalue weighted by molar-refractivity contribution is 7.89. The summed E-state index contributed by atoms with van der Waals surface area (Å²) in [7, 11) is -2.25. The number of carbonyl (C=O) groups is 1. The number of para-hydroxylation sites is 1. The predicted molar refractivity (Wildman–Crippen MR) is 131 cm³/mol. The summed E-state index contributed by atoms with van der Waals surface area (Å²) in [6.45, 7) is 7.30. The number of hydrogen-bond donors (Lipinski definition) is 1. The standard InChI is InChI=1S/C26H36N2O4S/c1-18-15-19(2)26(20(3)16-18)33(30,31)28(22-11-7-6-8-12-22)17-25(29)27-21(4)23-13-9-10-14-24(23)32-5/h9-10,13-16,21-22H,6-8,11-12,17H2,1-5H3,(H,27,29)/t21-/m1/s1. The number of carbonyl (C=O) groups excluding carboxylic acids is 1. The van der Waals surface area contributed by atoms with Crippen molar-refractivity contribution in [2.45, 2.75) is 76.8 Å². The molecule has 1 amide bonds. The van der Waals surface area contributed by atoms with E-state index in [9.17, 15) is 13.2 Å². The highest BCUT2D eigenvalue weighted by Gasteiger charge is 2.36. The van der Waals surface area contributed by atoms with Gasteiger partial charge in [-0.25, -0.2) is 8.42 Å². The lowest BCUT2D eigenvalue weighted by Gasteiger charge is -2.34. The molecule has 1 atom stereocenters. The SMILES string of the molecule is COc1ccccc1[C@@H](C)NC(=O)CN(C1CCCCC1)S(=O)(=O)c1c(C)cc(C)cc1C. The molecule has 7 heteroatoms. The van der Waals surface area contributed by atoms with Gasteiger partial charge in [-0.05, 0) is 57.7 Å². The molecule has 0 aromatic heterocycles. The van der Waals surface area contributed by atoms with E-state index in [1.165, 1.54) is 4.31 Å². The van der Waals surface area contributed by atoms with Crippen LogP contribution in [0.15, 0.2) is 41.3 Å².